The van der Waals surface area contributed by atoms with E-state index in [2.05, 4.69) is 20.5 Å². The van der Waals surface area contributed by atoms with E-state index < -0.39 is 10.0 Å². The molecule has 1 aliphatic carbocycles. The van der Waals surface area contributed by atoms with E-state index in [0.717, 1.165) is 24.8 Å². The van der Waals surface area contributed by atoms with Crippen LogP contribution in [0.4, 0.5) is 10.6 Å². The lowest BCUT2D eigenvalue weighted by Crippen LogP contribution is -2.37. The quantitative estimate of drug-likeness (QED) is 0.678. The first-order valence-electron chi connectivity index (χ1n) is 7.91. The van der Waals surface area contributed by atoms with Crippen molar-refractivity contribution in [2.75, 3.05) is 24.7 Å². The van der Waals surface area contributed by atoms with Gasteiger partial charge in [0.05, 0.1) is 18.0 Å². The van der Waals surface area contributed by atoms with Crippen LogP contribution in [0.1, 0.15) is 43.8 Å². The summed E-state index contributed by atoms with van der Waals surface area (Å²) in [6.07, 6.45) is 6.87. The second-order valence-corrected chi connectivity index (χ2v) is 7.79. The Kier molecular flexibility index (Phi) is 6.00. The number of anilines is 1. The Morgan fingerprint density at radius 2 is 2.00 bits per heavy atom. The topological polar surface area (TPSA) is 105 Å². The van der Waals surface area contributed by atoms with Crippen LogP contribution in [0.15, 0.2) is 6.07 Å². The van der Waals surface area contributed by atoms with Crippen molar-refractivity contribution in [3.05, 3.63) is 11.8 Å². The summed E-state index contributed by atoms with van der Waals surface area (Å²) in [5.41, 5.74) is 0.865. The van der Waals surface area contributed by atoms with Crippen molar-refractivity contribution in [3.63, 3.8) is 0 Å². The average Bonchev–Trinajstić information content (AvgIpc) is 2.84. The zero-order valence-corrected chi connectivity index (χ0v) is 14.4. The first-order chi connectivity index (χ1) is 10.8. The lowest BCUT2D eigenvalue weighted by Gasteiger charge is -2.24. The molecule has 130 valence electrons. The molecule has 0 bridgehead atoms. The molecule has 0 spiro atoms. The molecule has 1 aliphatic rings. The summed E-state index contributed by atoms with van der Waals surface area (Å²) < 4.78 is 26.1. The summed E-state index contributed by atoms with van der Waals surface area (Å²) in [6.45, 7) is 2.28. The van der Waals surface area contributed by atoms with Crippen molar-refractivity contribution < 1.29 is 13.2 Å². The standard InChI is InChI=1S/C14H25N5O3S/c1-11-10-13(19(18-11)12-6-4-3-5-7-12)17-14(20)15-8-9-16-23(2,21)22/h10,12,16H,3-9H2,1-2H3,(H2,15,17,20). The number of rotatable bonds is 6. The van der Waals surface area contributed by atoms with Crippen LogP contribution in [0.2, 0.25) is 0 Å². The smallest absolute Gasteiger partial charge is 0.320 e. The van der Waals surface area contributed by atoms with Crippen LogP contribution >= 0.6 is 0 Å². The number of hydrogen-bond acceptors (Lipinski definition) is 4. The fraction of sp³-hybridized carbons (Fsp3) is 0.714. The molecule has 1 fully saturated rings. The van der Waals surface area contributed by atoms with E-state index in [4.69, 9.17) is 0 Å². The van der Waals surface area contributed by atoms with Gasteiger partial charge >= 0.3 is 6.03 Å². The van der Waals surface area contributed by atoms with E-state index in [1.54, 1.807) is 0 Å². The van der Waals surface area contributed by atoms with E-state index >= 15 is 0 Å². The Morgan fingerprint density at radius 3 is 2.65 bits per heavy atom. The predicted octanol–water partition coefficient (Wildman–Crippen LogP) is 1.37. The van der Waals surface area contributed by atoms with E-state index in [-0.39, 0.29) is 19.1 Å². The fourth-order valence-electron chi connectivity index (χ4n) is 2.79. The van der Waals surface area contributed by atoms with E-state index in [1.807, 2.05) is 17.7 Å². The van der Waals surface area contributed by atoms with E-state index in [0.29, 0.717) is 11.9 Å². The number of carbonyl (C=O) groups is 1. The molecular weight excluding hydrogens is 318 g/mol. The minimum Gasteiger partial charge on any atom is -0.337 e. The van der Waals surface area contributed by atoms with Gasteiger partial charge in [-0.2, -0.15) is 5.10 Å². The number of aryl methyl sites for hydroxylation is 1. The molecule has 0 aromatic carbocycles. The Bertz CT molecular complexity index is 635. The van der Waals surface area contributed by atoms with Gasteiger partial charge in [-0.3, -0.25) is 5.32 Å². The summed E-state index contributed by atoms with van der Waals surface area (Å²) in [7, 11) is -3.23. The molecule has 0 atom stereocenters. The van der Waals surface area contributed by atoms with Gasteiger partial charge < -0.3 is 5.32 Å². The highest BCUT2D eigenvalue weighted by atomic mass is 32.2. The minimum atomic E-state index is -3.23. The van der Waals surface area contributed by atoms with Gasteiger partial charge in [-0.25, -0.2) is 22.6 Å². The molecule has 23 heavy (non-hydrogen) atoms. The highest BCUT2D eigenvalue weighted by Crippen LogP contribution is 2.30. The molecule has 2 rings (SSSR count). The zero-order chi connectivity index (χ0) is 16.9. The van der Waals surface area contributed by atoms with Crippen LogP contribution in [0, 0.1) is 6.92 Å². The largest absolute Gasteiger partial charge is 0.337 e. The average molecular weight is 343 g/mol. The molecular formula is C14H25N5O3S. The molecule has 0 aliphatic heterocycles. The van der Waals surface area contributed by atoms with Gasteiger partial charge in [0.25, 0.3) is 0 Å². The molecule has 1 saturated carbocycles. The fourth-order valence-corrected chi connectivity index (χ4v) is 3.26. The predicted molar refractivity (Wildman–Crippen MR) is 89.0 cm³/mol. The maximum atomic E-state index is 11.9. The molecule has 1 heterocycles. The molecule has 0 unspecified atom stereocenters. The number of aromatic nitrogens is 2. The number of urea groups is 1. The third-order valence-electron chi connectivity index (χ3n) is 3.79. The summed E-state index contributed by atoms with van der Waals surface area (Å²) >= 11 is 0. The number of nitrogens with one attached hydrogen (secondary N) is 3. The third kappa shape index (κ3) is 5.83. The highest BCUT2D eigenvalue weighted by Gasteiger charge is 2.20. The van der Waals surface area contributed by atoms with Crippen LogP contribution in [-0.4, -0.2) is 43.6 Å². The van der Waals surface area contributed by atoms with Crippen LogP contribution in [0.3, 0.4) is 0 Å². The van der Waals surface area contributed by atoms with Crippen LogP contribution in [0.5, 0.6) is 0 Å². The SMILES string of the molecule is Cc1cc(NC(=O)NCCNS(C)(=O)=O)n(C2CCCCC2)n1. The summed E-state index contributed by atoms with van der Waals surface area (Å²) in [6, 6.07) is 1.82. The van der Waals surface area contributed by atoms with Gasteiger partial charge in [-0.1, -0.05) is 19.3 Å². The minimum absolute atomic E-state index is 0.160. The molecule has 2 amide bonds. The summed E-state index contributed by atoms with van der Waals surface area (Å²) in [5, 5.41) is 9.92. The Morgan fingerprint density at radius 1 is 1.30 bits per heavy atom. The van der Waals surface area contributed by atoms with Crippen LogP contribution in [-0.2, 0) is 10.0 Å². The highest BCUT2D eigenvalue weighted by molar-refractivity contribution is 7.88. The maximum Gasteiger partial charge on any atom is 0.320 e. The second kappa shape index (κ2) is 7.78. The van der Waals surface area contributed by atoms with E-state index in [9.17, 15) is 13.2 Å². The molecule has 9 heteroatoms. The van der Waals surface area contributed by atoms with Crippen LogP contribution in [0.25, 0.3) is 0 Å². The number of amides is 2. The van der Waals surface area contributed by atoms with Gasteiger partial charge in [0, 0.05) is 19.2 Å². The second-order valence-electron chi connectivity index (χ2n) is 5.95. The monoisotopic (exact) mass is 343 g/mol. The molecule has 8 nitrogen and oxygen atoms in total. The molecule has 0 saturated heterocycles. The van der Waals surface area contributed by atoms with Crippen molar-refractivity contribution in [1.82, 2.24) is 19.8 Å². The van der Waals surface area contributed by atoms with Crippen molar-refractivity contribution in [2.24, 2.45) is 0 Å². The molecule has 0 radical (unpaired) electrons. The third-order valence-corrected chi connectivity index (χ3v) is 4.52. The first kappa shape index (κ1) is 17.7. The van der Waals surface area contributed by atoms with Crippen LogP contribution < -0.4 is 15.4 Å². The van der Waals surface area contributed by atoms with Crippen molar-refractivity contribution in [3.8, 4) is 0 Å². The van der Waals surface area contributed by atoms with Crippen molar-refractivity contribution in [2.45, 2.75) is 45.1 Å². The van der Waals surface area contributed by atoms with Gasteiger partial charge in [0.1, 0.15) is 5.82 Å². The molecule has 1 aromatic rings. The number of hydrogen-bond donors (Lipinski definition) is 3. The van der Waals surface area contributed by atoms with Gasteiger partial charge in [-0.15, -0.1) is 0 Å². The lowest BCUT2D eigenvalue weighted by molar-refractivity contribution is 0.251. The summed E-state index contributed by atoms with van der Waals surface area (Å²) in [5.74, 6) is 0.683. The molecule has 3 N–H and O–H groups in total. The number of nitrogens with zero attached hydrogens (tertiary/aromatic N) is 2. The normalized spacial score (nSPS) is 16.3. The number of sulfonamides is 1. The maximum absolute atomic E-state index is 11.9. The van der Waals surface area contributed by atoms with Gasteiger partial charge in [0.15, 0.2) is 0 Å². The lowest BCUT2D eigenvalue weighted by atomic mass is 9.96. The Labute approximate surface area is 137 Å². The zero-order valence-electron chi connectivity index (χ0n) is 13.6. The van der Waals surface area contributed by atoms with E-state index in [1.165, 1.54) is 19.3 Å². The van der Waals surface area contributed by atoms with Crippen molar-refractivity contribution in [1.29, 1.82) is 0 Å². The van der Waals surface area contributed by atoms with Gasteiger partial charge in [-0.05, 0) is 19.8 Å². The Balaban J connectivity index is 1.88. The number of carbonyl (C=O) groups excluding carboxylic acids is 1. The Hall–Kier alpha value is -1.61. The van der Waals surface area contributed by atoms with Crippen molar-refractivity contribution >= 4 is 21.9 Å². The molecule has 1 aromatic heterocycles. The van der Waals surface area contributed by atoms with Gasteiger partial charge in [0.2, 0.25) is 10.0 Å². The first-order valence-corrected chi connectivity index (χ1v) is 9.80. The summed E-state index contributed by atoms with van der Waals surface area (Å²) in [4.78, 5) is 11.9.